The number of amides is 1. The summed E-state index contributed by atoms with van der Waals surface area (Å²) in [5, 5.41) is 2.60. The van der Waals surface area contributed by atoms with Gasteiger partial charge < -0.3 is 5.32 Å². The van der Waals surface area contributed by atoms with Crippen LogP contribution in [0.5, 0.6) is 0 Å². The van der Waals surface area contributed by atoms with Gasteiger partial charge in [0.25, 0.3) is 0 Å². The molecule has 0 spiro atoms. The van der Waals surface area contributed by atoms with Gasteiger partial charge >= 0.3 is 0 Å². The van der Waals surface area contributed by atoms with Crippen LogP contribution in [0.25, 0.3) is 0 Å². The lowest BCUT2D eigenvalue weighted by atomic mass is 10.1. The van der Waals surface area contributed by atoms with Gasteiger partial charge in [0.15, 0.2) is 0 Å². The maximum Gasteiger partial charge on any atom is 0.222 e. The summed E-state index contributed by atoms with van der Waals surface area (Å²) in [6.45, 7) is 3.87. The number of rotatable bonds is 3. The average molecular weight is 141 g/mol. The summed E-state index contributed by atoms with van der Waals surface area (Å²) in [6.07, 6.45) is 4.79. The molecule has 0 saturated carbocycles. The molecule has 0 fully saturated rings. The van der Waals surface area contributed by atoms with Gasteiger partial charge in [-0.25, -0.2) is 0 Å². The third-order valence-electron chi connectivity index (χ3n) is 1.42. The molecular formula is C8H15NO. The summed E-state index contributed by atoms with van der Waals surface area (Å²) in [4.78, 5) is 10.9. The van der Waals surface area contributed by atoms with Gasteiger partial charge in [-0.05, 0) is 13.3 Å². The zero-order valence-electron chi connectivity index (χ0n) is 6.85. The zero-order valence-corrected chi connectivity index (χ0v) is 6.85. The van der Waals surface area contributed by atoms with Gasteiger partial charge in [0.2, 0.25) is 5.91 Å². The lowest BCUT2D eigenvalue weighted by Crippen LogP contribution is -2.24. The first kappa shape index (κ1) is 9.21. The van der Waals surface area contributed by atoms with Crippen molar-refractivity contribution in [2.45, 2.75) is 20.3 Å². The highest BCUT2D eigenvalue weighted by molar-refractivity contribution is 5.77. The largest absolute Gasteiger partial charge is 0.359 e. The van der Waals surface area contributed by atoms with Crippen molar-refractivity contribution in [3.05, 3.63) is 12.2 Å². The molecule has 1 N–H and O–H groups in total. The van der Waals surface area contributed by atoms with Gasteiger partial charge in [-0.3, -0.25) is 4.79 Å². The topological polar surface area (TPSA) is 29.1 Å². The lowest BCUT2D eigenvalue weighted by molar-refractivity contribution is -0.123. The van der Waals surface area contributed by atoms with Crippen LogP contribution in [0, 0.1) is 5.92 Å². The van der Waals surface area contributed by atoms with Gasteiger partial charge in [-0.1, -0.05) is 19.1 Å². The molecule has 0 aliphatic heterocycles. The Morgan fingerprint density at radius 3 is 2.70 bits per heavy atom. The standard InChI is InChI=1S/C8H15NO/c1-4-5-6-7(2)8(10)9-3/h4-5,7H,6H2,1-3H3,(H,9,10)/b5-4+. The fourth-order valence-electron chi connectivity index (χ4n) is 0.694. The Labute approximate surface area is 62.3 Å². The van der Waals surface area contributed by atoms with Crippen molar-refractivity contribution in [3.63, 3.8) is 0 Å². The SMILES string of the molecule is C/C=C/CC(C)C(=O)NC. The molecule has 1 amide bonds. The first-order valence-electron chi connectivity index (χ1n) is 3.55. The molecule has 1 atom stereocenters. The van der Waals surface area contributed by atoms with E-state index in [0.717, 1.165) is 6.42 Å². The molecule has 2 nitrogen and oxygen atoms in total. The summed E-state index contributed by atoms with van der Waals surface area (Å²) < 4.78 is 0. The van der Waals surface area contributed by atoms with Crippen LogP contribution < -0.4 is 5.32 Å². The molecule has 0 saturated heterocycles. The van der Waals surface area contributed by atoms with Gasteiger partial charge in [-0.2, -0.15) is 0 Å². The van der Waals surface area contributed by atoms with E-state index in [1.807, 2.05) is 26.0 Å². The third kappa shape index (κ3) is 3.28. The van der Waals surface area contributed by atoms with E-state index in [0.29, 0.717) is 0 Å². The Morgan fingerprint density at radius 1 is 1.70 bits per heavy atom. The molecule has 0 aromatic rings. The van der Waals surface area contributed by atoms with Crippen molar-refractivity contribution in [1.29, 1.82) is 0 Å². The van der Waals surface area contributed by atoms with Crippen LogP contribution in [-0.2, 0) is 4.79 Å². The second kappa shape index (κ2) is 5.03. The van der Waals surface area contributed by atoms with Crippen LogP contribution in [0.15, 0.2) is 12.2 Å². The summed E-state index contributed by atoms with van der Waals surface area (Å²) in [6, 6.07) is 0. The monoisotopic (exact) mass is 141 g/mol. The van der Waals surface area contributed by atoms with Crippen LogP contribution in [-0.4, -0.2) is 13.0 Å². The molecule has 1 unspecified atom stereocenters. The Kier molecular flexibility index (Phi) is 4.63. The van der Waals surface area contributed by atoms with Crippen LogP contribution >= 0.6 is 0 Å². The predicted octanol–water partition coefficient (Wildman–Crippen LogP) is 1.33. The number of allylic oxidation sites excluding steroid dienone is 2. The summed E-state index contributed by atoms with van der Waals surface area (Å²) in [5.74, 6) is 0.208. The molecule has 10 heavy (non-hydrogen) atoms. The minimum Gasteiger partial charge on any atom is -0.359 e. The highest BCUT2D eigenvalue weighted by Gasteiger charge is 2.07. The summed E-state index contributed by atoms with van der Waals surface area (Å²) in [7, 11) is 1.66. The molecule has 2 heteroatoms. The molecule has 0 rings (SSSR count). The number of hydrogen-bond acceptors (Lipinski definition) is 1. The van der Waals surface area contributed by atoms with E-state index >= 15 is 0 Å². The van der Waals surface area contributed by atoms with E-state index in [1.54, 1.807) is 7.05 Å². The van der Waals surface area contributed by atoms with Gasteiger partial charge in [-0.15, -0.1) is 0 Å². The van der Waals surface area contributed by atoms with E-state index in [4.69, 9.17) is 0 Å². The van der Waals surface area contributed by atoms with E-state index < -0.39 is 0 Å². The van der Waals surface area contributed by atoms with Crippen molar-refractivity contribution in [1.82, 2.24) is 5.32 Å². The maximum atomic E-state index is 10.9. The lowest BCUT2D eigenvalue weighted by Gasteiger charge is -2.04. The van der Waals surface area contributed by atoms with Crippen LogP contribution in [0.3, 0.4) is 0 Å². The Bertz CT molecular complexity index is 129. The first-order chi connectivity index (χ1) is 4.72. The molecule has 0 bridgehead atoms. The van der Waals surface area contributed by atoms with Gasteiger partial charge in [0.1, 0.15) is 0 Å². The van der Waals surface area contributed by atoms with E-state index in [1.165, 1.54) is 0 Å². The minimum atomic E-state index is 0.0983. The fraction of sp³-hybridized carbons (Fsp3) is 0.625. The fourth-order valence-corrected chi connectivity index (χ4v) is 0.694. The highest BCUT2D eigenvalue weighted by atomic mass is 16.1. The smallest absolute Gasteiger partial charge is 0.222 e. The molecule has 0 aliphatic rings. The van der Waals surface area contributed by atoms with Crippen LogP contribution in [0.2, 0.25) is 0 Å². The Balaban J connectivity index is 3.61. The Hall–Kier alpha value is -0.790. The van der Waals surface area contributed by atoms with Crippen molar-refractivity contribution >= 4 is 5.91 Å². The summed E-state index contributed by atoms with van der Waals surface area (Å²) in [5.41, 5.74) is 0. The number of nitrogens with one attached hydrogen (secondary N) is 1. The van der Waals surface area contributed by atoms with Crippen LogP contribution in [0.4, 0.5) is 0 Å². The first-order valence-corrected chi connectivity index (χ1v) is 3.55. The van der Waals surface area contributed by atoms with Crippen LogP contribution in [0.1, 0.15) is 20.3 Å². The molecule has 0 aliphatic carbocycles. The van der Waals surface area contributed by atoms with Crippen molar-refractivity contribution in [2.75, 3.05) is 7.05 Å². The summed E-state index contributed by atoms with van der Waals surface area (Å²) >= 11 is 0. The normalized spacial score (nSPS) is 13.5. The van der Waals surface area contributed by atoms with Crippen molar-refractivity contribution in [3.8, 4) is 0 Å². The number of carbonyl (C=O) groups excluding carboxylic acids is 1. The van der Waals surface area contributed by atoms with E-state index in [-0.39, 0.29) is 11.8 Å². The highest BCUT2D eigenvalue weighted by Crippen LogP contribution is 2.01. The molecule has 58 valence electrons. The maximum absolute atomic E-state index is 10.9. The van der Waals surface area contributed by atoms with Crippen molar-refractivity contribution < 1.29 is 4.79 Å². The molecule has 0 heterocycles. The molecule has 0 radical (unpaired) electrons. The average Bonchev–Trinajstić information content (AvgIpc) is 1.98. The van der Waals surface area contributed by atoms with Gasteiger partial charge in [0.05, 0.1) is 0 Å². The quantitative estimate of drug-likeness (QED) is 0.590. The molecular weight excluding hydrogens is 126 g/mol. The number of hydrogen-bond donors (Lipinski definition) is 1. The molecule has 0 aromatic carbocycles. The second-order valence-corrected chi connectivity index (χ2v) is 2.32. The zero-order chi connectivity index (χ0) is 7.98. The number of carbonyl (C=O) groups is 1. The second-order valence-electron chi connectivity index (χ2n) is 2.32. The minimum absolute atomic E-state index is 0.0983. The third-order valence-corrected chi connectivity index (χ3v) is 1.42. The van der Waals surface area contributed by atoms with Gasteiger partial charge in [0, 0.05) is 13.0 Å². The Morgan fingerprint density at radius 2 is 2.30 bits per heavy atom. The molecule has 0 aromatic heterocycles. The van der Waals surface area contributed by atoms with Crippen molar-refractivity contribution in [2.24, 2.45) is 5.92 Å². The van der Waals surface area contributed by atoms with E-state index in [2.05, 4.69) is 5.32 Å². The van der Waals surface area contributed by atoms with E-state index in [9.17, 15) is 4.79 Å². The predicted molar refractivity (Wildman–Crippen MR) is 42.7 cm³/mol.